The molecule has 4 heterocycles. The van der Waals surface area contributed by atoms with Gasteiger partial charge in [0, 0.05) is 74.7 Å². The third kappa shape index (κ3) is 5.54. The van der Waals surface area contributed by atoms with Crippen molar-refractivity contribution < 1.29 is 4.21 Å². The molecule has 35 heavy (non-hydrogen) atoms. The SMILES string of the molecule is CCCCN(Cc1ccccc1)c1ncnc2c(N3CCS(=O)CC3)nc(N3CCNCC3)nc12. The zero-order chi connectivity index (χ0) is 24.0. The lowest BCUT2D eigenvalue weighted by atomic mass is 10.2. The van der Waals surface area contributed by atoms with Crippen LogP contribution in [0.15, 0.2) is 36.7 Å². The third-order valence-electron chi connectivity index (χ3n) is 6.61. The van der Waals surface area contributed by atoms with Gasteiger partial charge in [-0.15, -0.1) is 0 Å². The highest BCUT2D eigenvalue weighted by molar-refractivity contribution is 7.85. The zero-order valence-electron chi connectivity index (χ0n) is 20.4. The van der Waals surface area contributed by atoms with Gasteiger partial charge in [0.2, 0.25) is 5.95 Å². The number of nitrogens with one attached hydrogen (secondary N) is 1. The standard InChI is InChI=1S/C25H34N8OS/c1-2-3-11-33(18-20-7-5-4-6-8-20)23-22-21(27-19-28-23)24(31-14-16-35(34)17-15-31)30-25(29-22)32-12-9-26-10-13-32/h4-8,19,26H,2-3,9-18H2,1H3. The second-order valence-corrected chi connectivity index (χ2v) is 10.8. The molecule has 3 aromatic rings. The first-order chi connectivity index (χ1) is 17.2. The van der Waals surface area contributed by atoms with Crippen molar-refractivity contribution in [3.8, 4) is 0 Å². The summed E-state index contributed by atoms with van der Waals surface area (Å²) in [6.45, 7) is 8.83. The van der Waals surface area contributed by atoms with Crippen molar-refractivity contribution in [3.05, 3.63) is 42.2 Å². The third-order valence-corrected chi connectivity index (χ3v) is 7.88. The lowest BCUT2D eigenvalue weighted by Gasteiger charge is -2.32. The Morgan fingerprint density at radius 1 is 0.971 bits per heavy atom. The molecule has 0 bridgehead atoms. The molecule has 0 amide bonds. The van der Waals surface area contributed by atoms with E-state index >= 15 is 0 Å². The molecule has 2 aromatic heterocycles. The summed E-state index contributed by atoms with van der Waals surface area (Å²) in [6.07, 6.45) is 3.81. The van der Waals surface area contributed by atoms with E-state index in [9.17, 15) is 4.21 Å². The predicted molar refractivity (Wildman–Crippen MR) is 143 cm³/mol. The maximum absolute atomic E-state index is 12.0. The van der Waals surface area contributed by atoms with Crippen LogP contribution in [0.5, 0.6) is 0 Å². The van der Waals surface area contributed by atoms with Crippen molar-refractivity contribution in [2.24, 2.45) is 0 Å². The second kappa shape index (κ2) is 11.3. The van der Waals surface area contributed by atoms with E-state index in [0.29, 0.717) is 24.6 Å². The fraction of sp³-hybridized carbons (Fsp3) is 0.520. The summed E-state index contributed by atoms with van der Waals surface area (Å²) in [5.41, 5.74) is 2.81. The number of hydrogen-bond acceptors (Lipinski definition) is 9. The van der Waals surface area contributed by atoms with Crippen molar-refractivity contribution in [2.45, 2.75) is 26.3 Å². The first-order valence-electron chi connectivity index (χ1n) is 12.6. The van der Waals surface area contributed by atoms with Gasteiger partial charge in [-0.1, -0.05) is 43.7 Å². The normalized spacial score (nSPS) is 17.2. The van der Waals surface area contributed by atoms with E-state index in [1.54, 1.807) is 6.33 Å². The average Bonchev–Trinajstić information content (AvgIpc) is 2.92. The number of benzene rings is 1. The van der Waals surface area contributed by atoms with Crippen molar-refractivity contribution in [3.63, 3.8) is 0 Å². The number of rotatable bonds is 8. The van der Waals surface area contributed by atoms with Crippen LogP contribution in [0.4, 0.5) is 17.6 Å². The van der Waals surface area contributed by atoms with Gasteiger partial charge in [0.1, 0.15) is 17.4 Å². The average molecular weight is 495 g/mol. The van der Waals surface area contributed by atoms with Gasteiger partial charge < -0.3 is 20.0 Å². The molecule has 1 aromatic carbocycles. The van der Waals surface area contributed by atoms with Gasteiger partial charge in [-0.25, -0.2) is 15.0 Å². The minimum atomic E-state index is -0.761. The molecule has 2 saturated heterocycles. The first-order valence-corrected chi connectivity index (χ1v) is 14.1. The first kappa shape index (κ1) is 23.9. The van der Waals surface area contributed by atoms with E-state index in [-0.39, 0.29) is 0 Å². The second-order valence-electron chi connectivity index (χ2n) is 9.07. The Kier molecular flexibility index (Phi) is 7.68. The molecule has 0 radical (unpaired) electrons. The van der Waals surface area contributed by atoms with E-state index in [2.05, 4.69) is 56.2 Å². The Morgan fingerprint density at radius 2 is 1.74 bits per heavy atom. The Balaban J connectivity index is 1.61. The number of aromatic nitrogens is 4. The maximum Gasteiger partial charge on any atom is 0.228 e. The van der Waals surface area contributed by atoms with Crippen molar-refractivity contribution in [1.82, 2.24) is 25.3 Å². The smallest absolute Gasteiger partial charge is 0.228 e. The zero-order valence-corrected chi connectivity index (χ0v) is 21.2. The van der Waals surface area contributed by atoms with Crippen molar-refractivity contribution in [1.29, 1.82) is 0 Å². The summed E-state index contributed by atoms with van der Waals surface area (Å²) in [5, 5.41) is 3.41. The molecule has 2 fully saturated rings. The molecule has 9 nitrogen and oxygen atoms in total. The number of nitrogens with zero attached hydrogens (tertiary/aromatic N) is 7. The molecule has 0 unspecified atom stereocenters. The van der Waals surface area contributed by atoms with Gasteiger partial charge in [0.15, 0.2) is 11.6 Å². The molecule has 186 valence electrons. The van der Waals surface area contributed by atoms with Gasteiger partial charge in [-0.2, -0.15) is 4.98 Å². The van der Waals surface area contributed by atoms with Crippen molar-refractivity contribution >= 4 is 39.4 Å². The van der Waals surface area contributed by atoms with Crippen LogP contribution < -0.4 is 20.0 Å². The largest absolute Gasteiger partial charge is 0.353 e. The molecular formula is C25H34N8OS. The highest BCUT2D eigenvalue weighted by Gasteiger charge is 2.25. The van der Waals surface area contributed by atoms with Crippen molar-refractivity contribution in [2.75, 3.05) is 72.0 Å². The Morgan fingerprint density at radius 3 is 2.49 bits per heavy atom. The Labute approximate surface area is 209 Å². The number of hydrogen-bond donors (Lipinski definition) is 1. The summed E-state index contributed by atoms with van der Waals surface area (Å²) < 4.78 is 12.0. The maximum atomic E-state index is 12.0. The van der Waals surface area contributed by atoms with Crippen LogP contribution in [0, 0.1) is 0 Å². The number of fused-ring (bicyclic) bond motifs is 1. The molecule has 0 spiro atoms. The number of unbranched alkanes of at least 4 members (excludes halogenated alkanes) is 1. The van der Waals surface area contributed by atoms with Crippen LogP contribution in [0.2, 0.25) is 0 Å². The molecule has 0 atom stereocenters. The highest BCUT2D eigenvalue weighted by atomic mass is 32.2. The lowest BCUT2D eigenvalue weighted by molar-refractivity contribution is 0.580. The lowest BCUT2D eigenvalue weighted by Crippen LogP contribution is -2.44. The van der Waals surface area contributed by atoms with E-state index < -0.39 is 10.8 Å². The minimum absolute atomic E-state index is 0.656. The topological polar surface area (TPSA) is 90.4 Å². The van der Waals surface area contributed by atoms with E-state index in [4.69, 9.17) is 15.0 Å². The summed E-state index contributed by atoms with van der Waals surface area (Å²) in [7, 11) is -0.761. The van der Waals surface area contributed by atoms with Crippen LogP contribution in [0.3, 0.4) is 0 Å². The fourth-order valence-corrected chi connectivity index (χ4v) is 5.68. The van der Waals surface area contributed by atoms with E-state index in [1.165, 1.54) is 5.56 Å². The quantitative estimate of drug-likeness (QED) is 0.506. The Bertz CT molecular complexity index is 1140. The van der Waals surface area contributed by atoms with Crippen LogP contribution in [0.25, 0.3) is 11.0 Å². The van der Waals surface area contributed by atoms with Gasteiger partial charge in [0.25, 0.3) is 0 Å². The van der Waals surface area contributed by atoms with Gasteiger partial charge in [-0.3, -0.25) is 4.21 Å². The van der Waals surface area contributed by atoms with E-state index in [1.807, 2.05) is 6.07 Å². The molecule has 2 aliphatic rings. The summed E-state index contributed by atoms with van der Waals surface area (Å²) in [5.74, 6) is 3.73. The molecule has 1 N–H and O–H groups in total. The summed E-state index contributed by atoms with van der Waals surface area (Å²) in [6, 6.07) is 10.5. The van der Waals surface area contributed by atoms with Crippen LogP contribution >= 0.6 is 0 Å². The Hall–Kier alpha value is -2.85. The monoisotopic (exact) mass is 494 g/mol. The van der Waals surface area contributed by atoms with Gasteiger partial charge in [0.05, 0.1) is 0 Å². The summed E-state index contributed by atoms with van der Waals surface area (Å²) in [4.78, 5) is 26.3. The molecular weight excluding hydrogens is 460 g/mol. The summed E-state index contributed by atoms with van der Waals surface area (Å²) >= 11 is 0. The molecule has 0 saturated carbocycles. The van der Waals surface area contributed by atoms with Crippen LogP contribution in [0.1, 0.15) is 25.3 Å². The molecule has 2 aliphatic heterocycles. The highest BCUT2D eigenvalue weighted by Crippen LogP contribution is 2.31. The molecule has 10 heteroatoms. The van der Waals surface area contributed by atoms with E-state index in [0.717, 1.165) is 80.7 Å². The van der Waals surface area contributed by atoms with Crippen LogP contribution in [-0.2, 0) is 17.3 Å². The number of piperazine rings is 1. The van der Waals surface area contributed by atoms with Gasteiger partial charge in [-0.05, 0) is 12.0 Å². The van der Waals surface area contributed by atoms with Gasteiger partial charge >= 0.3 is 0 Å². The van der Waals surface area contributed by atoms with Crippen LogP contribution in [-0.4, -0.2) is 81.5 Å². The number of anilines is 3. The molecule has 5 rings (SSSR count). The predicted octanol–water partition coefficient (Wildman–Crippen LogP) is 2.20. The minimum Gasteiger partial charge on any atom is -0.353 e. The molecule has 0 aliphatic carbocycles. The fourth-order valence-electron chi connectivity index (χ4n) is 4.63.